The lowest BCUT2D eigenvalue weighted by atomic mass is 9.99. The molecule has 2 aromatic rings. The molecule has 3 rings (SSSR count). The van der Waals surface area contributed by atoms with Crippen molar-refractivity contribution in [3.8, 4) is 5.75 Å². The maximum atomic E-state index is 12.1. The molecular weight excluding hydrogens is 324 g/mol. The highest BCUT2D eigenvalue weighted by Crippen LogP contribution is 2.21. The minimum atomic E-state index is -0.322. The molecule has 0 aromatic heterocycles. The normalized spacial score (nSPS) is 15.3. The Morgan fingerprint density at radius 2 is 1.81 bits per heavy atom. The van der Waals surface area contributed by atoms with Gasteiger partial charge in [0.05, 0.1) is 0 Å². The molecule has 1 aliphatic rings. The third-order valence-electron chi connectivity index (χ3n) is 4.01. The summed E-state index contributed by atoms with van der Waals surface area (Å²) >= 11 is 0. The van der Waals surface area contributed by atoms with Crippen LogP contribution in [0.2, 0.25) is 0 Å². The summed E-state index contributed by atoms with van der Waals surface area (Å²) in [6.07, 6.45) is 12.5. The van der Waals surface area contributed by atoms with Crippen LogP contribution in [0.4, 0.5) is 0 Å². The first-order valence-electron chi connectivity index (χ1n) is 8.44. The monoisotopic (exact) mass is 344 g/mol. The Labute approximate surface area is 153 Å². The van der Waals surface area contributed by atoms with Crippen LogP contribution in [0.1, 0.15) is 22.3 Å². The van der Waals surface area contributed by atoms with Crippen LogP contribution in [0.3, 0.4) is 0 Å². The summed E-state index contributed by atoms with van der Waals surface area (Å²) in [7, 11) is 0. The van der Waals surface area contributed by atoms with E-state index in [9.17, 15) is 4.79 Å². The summed E-state index contributed by atoms with van der Waals surface area (Å²) in [5.41, 5.74) is 3.98. The van der Waals surface area contributed by atoms with Gasteiger partial charge in [-0.05, 0) is 41.3 Å². The van der Waals surface area contributed by atoms with Crippen molar-refractivity contribution in [2.45, 2.75) is 6.42 Å². The predicted octanol–water partition coefficient (Wildman–Crippen LogP) is 4.72. The Balaban J connectivity index is 1.60. The van der Waals surface area contributed by atoms with E-state index in [4.69, 9.17) is 9.84 Å². The smallest absolute Gasteiger partial charge is 0.186 e. The molecule has 3 nitrogen and oxygen atoms in total. The van der Waals surface area contributed by atoms with Gasteiger partial charge < -0.3 is 9.84 Å². The Morgan fingerprint density at radius 3 is 2.46 bits per heavy atom. The molecule has 0 saturated heterocycles. The number of ketones is 1. The maximum Gasteiger partial charge on any atom is 0.186 e. The molecule has 0 amide bonds. The molecule has 0 unspecified atom stereocenters. The fourth-order valence-electron chi connectivity index (χ4n) is 2.63. The van der Waals surface area contributed by atoms with Gasteiger partial charge in [0.1, 0.15) is 5.75 Å². The largest absolute Gasteiger partial charge is 0.468 e. The minimum absolute atomic E-state index is 0.00595. The van der Waals surface area contributed by atoms with Crippen molar-refractivity contribution < 1.29 is 14.6 Å². The summed E-state index contributed by atoms with van der Waals surface area (Å²) in [6, 6.07) is 16.8. The number of carbonyl (C=O) groups excluding carboxylic acids is 1. The third kappa shape index (κ3) is 4.91. The number of carbonyl (C=O) groups is 1. The van der Waals surface area contributed by atoms with Gasteiger partial charge in [-0.25, -0.2) is 0 Å². The first kappa shape index (κ1) is 17.6. The number of hydrogen-bond acceptors (Lipinski definition) is 3. The molecule has 0 bridgehead atoms. The third-order valence-corrected chi connectivity index (χ3v) is 4.01. The summed E-state index contributed by atoms with van der Waals surface area (Å²) in [5, 5.41) is 8.74. The van der Waals surface area contributed by atoms with E-state index in [1.165, 1.54) is 5.57 Å². The first-order valence-corrected chi connectivity index (χ1v) is 8.44. The number of aliphatic hydroxyl groups excluding tert-OH is 1. The zero-order chi connectivity index (χ0) is 18.2. The summed E-state index contributed by atoms with van der Waals surface area (Å²) < 4.78 is 5.02. The van der Waals surface area contributed by atoms with Gasteiger partial charge >= 0.3 is 0 Å². The lowest BCUT2D eigenvalue weighted by Gasteiger charge is -2.07. The molecule has 130 valence electrons. The van der Waals surface area contributed by atoms with Gasteiger partial charge in [0.25, 0.3) is 0 Å². The molecule has 3 heteroatoms. The van der Waals surface area contributed by atoms with Gasteiger partial charge in [0, 0.05) is 5.56 Å². The van der Waals surface area contributed by atoms with Crippen molar-refractivity contribution in [2.75, 3.05) is 6.79 Å². The quantitative estimate of drug-likeness (QED) is 0.468. The highest BCUT2D eigenvalue weighted by atomic mass is 16.6. The molecule has 0 radical (unpaired) electrons. The molecule has 0 atom stereocenters. The van der Waals surface area contributed by atoms with Gasteiger partial charge in [-0.1, -0.05) is 72.8 Å². The van der Waals surface area contributed by atoms with Crippen molar-refractivity contribution in [2.24, 2.45) is 0 Å². The summed E-state index contributed by atoms with van der Waals surface area (Å²) in [5.74, 6) is 0.649. The Hall–Kier alpha value is -3.17. The van der Waals surface area contributed by atoms with Gasteiger partial charge in [-0.3, -0.25) is 4.79 Å². The molecule has 2 aromatic carbocycles. The summed E-state index contributed by atoms with van der Waals surface area (Å²) in [4.78, 5) is 12.1. The fourth-order valence-corrected chi connectivity index (χ4v) is 2.63. The van der Waals surface area contributed by atoms with Crippen molar-refractivity contribution >= 4 is 11.9 Å². The van der Waals surface area contributed by atoms with Crippen molar-refractivity contribution in [1.29, 1.82) is 0 Å². The van der Waals surface area contributed by atoms with E-state index >= 15 is 0 Å². The van der Waals surface area contributed by atoms with Crippen molar-refractivity contribution in [1.82, 2.24) is 0 Å². The molecule has 1 aliphatic carbocycles. The zero-order valence-corrected chi connectivity index (χ0v) is 14.3. The molecule has 0 saturated carbocycles. The van der Waals surface area contributed by atoms with E-state index in [1.54, 1.807) is 6.08 Å². The van der Waals surface area contributed by atoms with E-state index in [0.717, 1.165) is 17.6 Å². The van der Waals surface area contributed by atoms with Crippen LogP contribution in [0.15, 0.2) is 96.1 Å². The molecule has 26 heavy (non-hydrogen) atoms. The Morgan fingerprint density at radius 1 is 1.04 bits per heavy atom. The van der Waals surface area contributed by atoms with Gasteiger partial charge in [-0.2, -0.15) is 0 Å². The van der Waals surface area contributed by atoms with Crippen molar-refractivity contribution in [3.05, 3.63) is 107 Å². The van der Waals surface area contributed by atoms with Crippen LogP contribution >= 0.6 is 0 Å². The van der Waals surface area contributed by atoms with E-state index < -0.39 is 0 Å². The number of aliphatic hydroxyl groups is 1. The topological polar surface area (TPSA) is 46.5 Å². The number of rotatable bonds is 6. The van der Waals surface area contributed by atoms with E-state index in [-0.39, 0.29) is 12.6 Å². The maximum absolute atomic E-state index is 12.1. The number of benzene rings is 2. The van der Waals surface area contributed by atoms with Gasteiger partial charge in [0.15, 0.2) is 12.6 Å². The number of hydrogen-bond donors (Lipinski definition) is 1. The Kier molecular flexibility index (Phi) is 5.96. The van der Waals surface area contributed by atoms with Crippen LogP contribution in [0.25, 0.3) is 6.08 Å². The second kappa shape index (κ2) is 8.79. The highest BCUT2D eigenvalue weighted by molar-refractivity contribution is 6.04. The highest BCUT2D eigenvalue weighted by Gasteiger charge is 2.03. The summed E-state index contributed by atoms with van der Waals surface area (Å²) in [6.45, 7) is -0.322. The van der Waals surface area contributed by atoms with Crippen LogP contribution in [0.5, 0.6) is 5.75 Å². The first-order chi connectivity index (χ1) is 12.7. The predicted molar refractivity (Wildman–Crippen MR) is 104 cm³/mol. The van der Waals surface area contributed by atoms with E-state index in [1.807, 2.05) is 66.7 Å². The van der Waals surface area contributed by atoms with E-state index in [0.29, 0.717) is 11.3 Å². The second-order valence-corrected chi connectivity index (χ2v) is 5.87. The molecule has 0 aliphatic heterocycles. The standard InChI is InChI=1S/C23H20O3/c24-17-26-22-13-10-20(11-14-22)16-19-8-6-18(7-9-19)12-15-23(25)21-4-2-1-3-5-21/h1-8,10-16,24H,9,17H2. The van der Waals surface area contributed by atoms with Gasteiger partial charge in [-0.15, -0.1) is 0 Å². The zero-order valence-electron chi connectivity index (χ0n) is 14.3. The molecular formula is C23H20O3. The lowest BCUT2D eigenvalue weighted by molar-refractivity contribution is 0.0985. The number of ether oxygens (including phenoxy) is 1. The van der Waals surface area contributed by atoms with E-state index in [2.05, 4.69) is 18.2 Å². The van der Waals surface area contributed by atoms with Crippen LogP contribution < -0.4 is 4.74 Å². The average molecular weight is 344 g/mol. The second-order valence-electron chi connectivity index (χ2n) is 5.87. The fraction of sp³-hybridized carbons (Fsp3) is 0.0870. The average Bonchev–Trinajstić information content (AvgIpc) is 2.69. The number of allylic oxidation sites excluding steroid dienone is 7. The SMILES string of the molecule is O=C(C=CC1=CCC(=Cc2ccc(OCO)cc2)C=C1)c1ccccc1. The lowest BCUT2D eigenvalue weighted by Crippen LogP contribution is -1.94. The molecule has 0 spiro atoms. The van der Waals surface area contributed by atoms with Crippen LogP contribution in [0, 0.1) is 0 Å². The Bertz CT molecular complexity index is 869. The van der Waals surface area contributed by atoms with Crippen LogP contribution in [-0.4, -0.2) is 17.7 Å². The van der Waals surface area contributed by atoms with Crippen molar-refractivity contribution in [3.63, 3.8) is 0 Å². The van der Waals surface area contributed by atoms with Gasteiger partial charge in [0.2, 0.25) is 0 Å². The minimum Gasteiger partial charge on any atom is -0.468 e. The molecule has 0 heterocycles. The van der Waals surface area contributed by atoms with Crippen LogP contribution in [-0.2, 0) is 0 Å². The molecule has 1 N–H and O–H groups in total. The molecule has 0 fully saturated rings.